The molecule has 8 nitrogen and oxygen atoms in total. The number of aliphatic carboxylic acids is 1. The van der Waals surface area contributed by atoms with E-state index in [1.807, 2.05) is 0 Å². The van der Waals surface area contributed by atoms with Gasteiger partial charge in [0.2, 0.25) is 5.91 Å². The molecule has 9 heteroatoms. The number of phenols is 1. The van der Waals surface area contributed by atoms with Crippen molar-refractivity contribution in [2.45, 2.75) is 45.2 Å². The third-order valence-corrected chi connectivity index (χ3v) is 5.56. The number of aromatic nitrogens is 2. The Labute approximate surface area is 201 Å². The number of carboxylic acids is 1. The number of carbonyl (C=O) groups is 2. The van der Waals surface area contributed by atoms with Crippen LogP contribution in [0, 0.1) is 0 Å². The van der Waals surface area contributed by atoms with Crippen molar-refractivity contribution >= 4 is 23.5 Å². The standard InChI is InChI=1S/C25H26ClN3O5/c1-2-3-4-5-21-27-20(16-6-10-18(26)11-7-16)14-23(32)29(21)15-22(31)28-24(25(33)34)17-8-12-19(30)13-9-17/h6-14,24,30H,2-5,15H2,1H3,(H,28,31)(H,33,34). The Morgan fingerprint density at radius 2 is 1.76 bits per heavy atom. The molecular weight excluding hydrogens is 458 g/mol. The molecule has 3 rings (SSSR count). The molecule has 3 aromatic rings. The molecule has 1 unspecified atom stereocenters. The number of carbonyl (C=O) groups excluding carboxylic acids is 1. The number of phenolic OH excluding ortho intramolecular Hbond substituents is 1. The van der Waals surface area contributed by atoms with Gasteiger partial charge in [-0.3, -0.25) is 14.2 Å². The van der Waals surface area contributed by atoms with Gasteiger partial charge in [0.05, 0.1) is 5.69 Å². The van der Waals surface area contributed by atoms with E-state index >= 15 is 0 Å². The lowest BCUT2D eigenvalue weighted by atomic mass is 10.1. The molecule has 1 aromatic heterocycles. The Kier molecular flexibility index (Phi) is 8.43. The number of rotatable bonds is 10. The third-order valence-electron chi connectivity index (χ3n) is 5.31. The van der Waals surface area contributed by atoms with Crippen molar-refractivity contribution in [3.05, 3.63) is 81.4 Å². The van der Waals surface area contributed by atoms with E-state index < -0.39 is 23.5 Å². The molecule has 1 atom stereocenters. The number of hydrogen-bond donors (Lipinski definition) is 3. The summed E-state index contributed by atoms with van der Waals surface area (Å²) >= 11 is 5.96. The largest absolute Gasteiger partial charge is 0.508 e. The minimum Gasteiger partial charge on any atom is -0.508 e. The second kappa shape index (κ2) is 11.5. The lowest BCUT2D eigenvalue weighted by Gasteiger charge is -2.17. The predicted octanol–water partition coefficient (Wildman–Crippen LogP) is 3.94. The number of nitrogens with one attached hydrogen (secondary N) is 1. The molecule has 0 aliphatic rings. The van der Waals surface area contributed by atoms with E-state index in [4.69, 9.17) is 11.6 Å². The summed E-state index contributed by atoms with van der Waals surface area (Å²) in [6.07, 6.45) is 3.21. The molecule has 178 valence electrons. The summed E-state index contributed by atoms with van der Waals surface area (Å²) in [5, 5.41) is 22.0. The Morgan fingerprint density at radius 1 is 1.09 bits per heavy atom. The van der Waals surface area contributed by atoms with Gasteiger partial charge in [-0.05, 0) is 36.2 Å². The van der Waals surface area contributed by atoms with Gasteiger partial charge >= 0.3 is 5.97 Å². The SMILES string of the molecule is CCCCCc1nc(-c2ccc(Cl)cc2)cc(=O)n1CC(=O)NC(C(=O)O)c1ccc(O)cc1. The fraction of sp³-hybridized carbons (Fsp3) is 0.280. The summed E-state index contributed by atoms with van der Waals surface area (Å²) < 4.78 is 1.28. The number of aromatic hydroxyl groups is 1. The molecule has 0 radical (unpaired) electrons. The Balaban J connectivity index is 1.88. The maximum absolute atomic E-state index is 13.0. The van der Waals surface area contributed by atoms with Crippen LogP contribution in [0.15, 0.2) is 59.4 Å². The maximum Gasteiger partial charge on any atom is 0.330 e. The molecule has 1 heterocycles. The summed E-state index contributed by atoms with van der Waals surface area (Å²) in [7, 11) is 0. The summed E-state index contributed by atoms with van der Waals surface area (Å²) in [5.41, 5.74) is 1.11. The number of amides is 1. The van der Waals surface area contributed by atoms with Crippen molar-refractivity contribution in [2.24, 2.45) is 0 Å². The number of nitrogens with zero attached hydrogens (tertiary/aromatic N) is 2. The van der Waals surface area contributed by atoms with E-state index in [0.29, 0.717) is 28.5 Å². The number of hydrogen-bond acceptors (Lipinski definition) is 5. The van der Waals surface area contributed by atoms with Gasteiger partial charge in [-0.2, -0.15) is 0 Å². The molecule has 0 aliphatic carbocycles. The fourth-order valence-corrected chi connectivity index (χ4v) is 3.65. The van der Waals surface area contributed by atoms with E-state index in [1.54, 1.807) is 24.3 Å². The summed E-state index contributed by atoms with van der Waals surface area (Å²) in [6, 6.07) is 12.5. The van der Waals surface area contributed by atoms with Crippen LogP contribution in [0.1, 0.15) is 43.6 Å². The highest BCUT2D eigenvalue weighted by Crippen LogP contribution is 2.20. The van der Waals surface area contributed by atoms with Crippen molar-refractivity contribution in [1.82, 2.24) is 14.9 Å². The highest BCUT2D eigenvalue weighted by Gasteiger charge is 2.23. The number of carboxylic acid groups (broad SMARTS) is 1. The van der Waals surface area contributed by atoms with Crippen molar-refractivity contribution in [3.8, 4) is 17.0 Å². The molecule has 34 heavy (non-hydrogen) atoms. The lowest BCUT2D eigenvalue weighted by molar-refractivity contribution is -0.142. The number of halogens is 1. The topological polar surface area (TPSA) is 122 Å². The minimum absolute atomic E-state index is 0.0191. The van der Waals surface area contributed by atoms with Gasteiger partial charge in [0.25, 0.3) is 5.56 Å². The highest BCUT2D eigenvalue weighted by molar-refractivity contribution is 6.30. The fourth-order valence-electron chi connectivity index (χ4n) is 3.52. The molecule has 0 saturated heterocycles. The Morgan fingerprint density at radius 3 is 2.38 bits per heavy atom. The molecule has 0 saturated carbocycles. The van der Waals surface area contributed by atoms with Gasteiger partial charge in [0, 0.05) is 23.1 Å². The maximum atomic E-state index is 13.0. The number of unbranched alkanes of at least 4 members (excludes halogenated alkanes) is 2. The van der Waals surface area contributed by atoms with E-state index in [0.717, 1.165) is 24.8 Å². The van der Waals surface area contributed by atoms with Gasteiger partial charge in [0.1, 0.15) is 18.1 Å². The van der Waals surface area contributed by atoms with Crippen LogP contribution in [0.25, 0.3) is 11.3 Å². The number of benzene rings is 2. The monoisotopic (exact) mass is 483 g/mol. The molecule has 3 N–H and O–H groups in total. The second-order valence-electron chi connectivity index (χ2n) is 7.88. The van der Waals surface area contributed by atoms with E-state index in [-0.39, 0.29) is 12.3 Å². The molecule has 0 bridgehead atoms. The normalized spacial score (nSPS) is 11.7. The van der Waals surface area contributed by atoms with Gasteiger partial charge in [-0.15, -0.1) is 0 Å². The molecular formula is C25H26ClN3O5. The molecule has 0 aliphatic heterocycles. The van der Waals surface area contributed by atoms with Crippen molar-refractivity contribution in [3.63, 3.8) is 0 Å². The zero-order valence-electron chi connectivity index (χ0n) is 18.7. The van der Waals surface area contributed by atoms with Gasteiger partial charge in [-0.1, -0.05) is 55.6 Å². The van der Waals surface area contributed by atoms with Crippen LogP contribution in [0.3, 0.4) is 0 Å². The summed E-state index contributed by atoms with van der Waals surface area (Å²) in [5.74, 6) is -1.46. The molecule has 2 aromatic carbocycles. The van der Waals surface area contributed by atoms with Crippen LogP contribution in [0.4, 0.5) is 0 Å². The quantitative estimate of drug-likeness (QED) is 0.375. The first-order valence-electron chi connectivity index (χ1n) is 11.0. The van der Waals surface area contributed by atoms with Crippen molar-refractivity contribution in [1.29, 1.82) is 0 Å². The van der Waals surface area contributed by atoms with Crippen LogP contribution >= 0.6 is 11.6 Å². The summed E-state index contributed by atoms with van der Waals surface area (Å²) in [6.45, 7) is 1.70. The van der Waals surface area contributed by atoms with Crippen molar-refractivity contribution < 1.29 is 19.8 Å². The predicted molar refractivity (Wildman–Crippen MR) is 129 cm³/mol. The van der Waals surface area contributed by atoms with Crippen LogP contribution in [-0.4, -0.2) is 31.6 Å². The van der Waals surface area contributed by atoms with Gasteiger partial charge in [-0.25, -0.2) is 9.78 Å². The van der Waals surface area contributed by atoms with Crippen LogP contribution in [0.2, 0.25) is 5.02 Å². The number of aryl methyl sites for hydroxylation is 1. The van der Waals surface area contributed by atoms with Crippen LogP contribution in [0.5, 0.6) is 5.75 Å². The van der Waals surface area contributed by atoms with Crippen LogP contribution < -0.4 is 10.9 Å². The smallest absolute Gasteiger partial charge is 0.330 e. The van der Waals surface area contributed by atoms with E-state index in [2.05, 4.69) is 17.2 Å². The van der Waals surface area contributed by atoms with Gasteiger partial charge < -0.3 is 15.5 Å². The Bertz CT molecular complexity index is 1210. The average Bonchev–Trinajstić information content (AvgIpc) is 2.80. The minimum atomic E-state index is -1.33. The lowest BCUT2D eigenvalue weighted by Crippen LogP contribution is -2.39. The summed E-state index contributed by atoms with van der Waals surface area (Å²) in [4.78, 5) is 42.1. The zero-order valence-corrected chi connectivity index (χ0v) is 19.5. The first kappa shape index (κ1) is 25.0. The van der Waals surface area contributed by atoms with Crippen molar-refractivity contribution in [2.75, 3.05) is 0 Å². The Hall–Kier alpha value is -3.65. The van der Waals surface area contributed by atoms with E-state index in [9.17, 15) is 24.6 Å². The third kappa shape index (κ3) is 6.45. The molecule has 0 spiro atoms. The molecule has 0 fully saturated rings. The van der Waals surface area contributed by atoms with E-state index in [1.165, 1.54) is 34.9 Å². The molecule has 1 amide bonds. The van der Waals surface area contributed by atoms with Crippen LogP contribution in [-0.2, 0) is 22.6 Å². The first-order chi connectivity index (χ1) is 16.3. The van der Waals surface area contributed by atoms with Gasteiger partial charge in [0.15, 0.2) is 6.04 Å². The zero-order chi connectivity index (χ0) is 24.7. The second-order valence-corrected chi connectivity index (χ2v) is 8.31. The first-order valence-corrected chi connectivity index (χ1v) is 11.3. The average molecular weight is 484 g/mol. The highest BCUT2D eigenvalue weighted by atomic mass is 35.5.